The average molecular weight is 485 g/mol. The van der Waals surface area contributed by atoms with E-state index in [1.54, 1.807) is 11.3 Å². The summed E-state index contributed by atoms with van der Waals surface area (Å²) in [5, 5.41) is 12.7. The molecule has 2 N–H and O–H groups in total. The van der Waals surface area contributed by atoms with Crippen molar-refractivity contribution in [3.63, 3.8) is 0 Å². The molecule has 33 heavy (non-hydrogen) atoms. The van der Waals surface area contributed by atoms with Crippen molar-refractivity contribution < 1.29 is 9.53 Å². The van der Waals surface area contributed by atoms with E-state index in [1.807, 2.05) is 6.07 Å². The number of aromatic nitrogens is 2. The van der Waals surface area contributed by atoms with Crippen molar-refractivity contribution in [2.24, 2.45) is 17.8 Å². The van der Waals surface area contributed by atoms with E-state index in [9.17, 15) is 4.79 Å². The molecule has 0 saturated heterocycles. The fourth-order valence-electron chi connectivity index (χ4n) is 7.40. The molecule has 0 radical (unpaired) electrons. The van der Waals surface area contributed by atoms with Crippen molar-refractivity contribution in [2.75, 3.05) is 17.7 Å². The molecule has 2 aromatic heterocycles. The normalized spacial score (nSPS) is 29.9. The number of thiophene rings is 1. The second kappa shape index (κ2) is 8.38. The van der Waals surface area contributed by atoms with Gasteiger partial charge in [-0.2, -0.15) is 5.10 Å². The van der Waals surface area contributed by atoms with Crippen molar-refractivity contribution in [1.29, 1.82) is 0 Å². The van der Waals surface area contributed by atoms with E-state index in [4.69, 9.17) is 22.1 Å². The zero-order valence-corrected chi connectivity index (χ0v) is 20.8. The van der Waals surface area contributed by atoms with Gasteiger partial charge in [0.25, 0.3) is 0 Å². The van der Waals surface area contributed by atoms with Crippen LogP contribution in [-0.2, 0) is 23.1 Å². The molecule has 0 amide bonds. The summed E-state index contributed by atoms with van der Waals surface area (Å²) in [6.07, 6.45) is 15.6. The lowest BCUT2D eigenvalue weighted by Gasteiger charge is -2.56. The van der Waals surface area contributed by atoms with Gasteiger partial charge in [0.05, 0.1) is 18.2 Å². The predicted molar refractivity (Wildman–Crippen MR) is 135 cm³/mol. The number of carbonyl (C=O) groups is 1. The summed E-state index contributed by atoms with van der Waals surface area (Å²) in [6.45, 7) is 0. The van der Waals surface area contributed by atoms with E-state index in [0.29, 0.717) is 10.7 Å². The molecule has 0 atom stereocenters. The Balaban J connectivity index is 1.19. The Morgan fingerprint density at radius 2 is 1.82 bits per heavy atom. The van der Waals surface area contributed by atoms with E-state index in [0.717, 1.165) is 59.8 Å². The molecule has 5 aliphatic rings. The lowest BCUT2D eigenvalue weighted by atomic mass is 9.53. The zero-order valence-electron chi connectivity index (χ0n) is 19.2. The molecule has 8 heteroatoms. The van der Waals surface area contributed by atoms with E-state index < -0.39 is 0 Å². The summed E-state index contributed by atoms with van der Waals surface area (Å²) in [6, 6.07) is 2.03. The molecule has 4 fully saturated rings. The van der Waals surface area contributed by atoms with Crippen molar-refractivity contribution in [3.05, 3.63) is 28.3 Å². The van der Waals surface area contributed by atoms with Gasteiger partial charge in [-0.15, -0.1) is 11.3 Å². The number of carbonyl (C=O) groups excluding carboxylic acids is 1. The third-order valence-corrected chi connectivity index (χ3v) is 9.77. The lowest BCUT2D eigenvalue weighted by molar-refractivity contribution is -0.0492. The zero-order chi connectivity index (χ0) is 22.6. The Labute approximate surface area is 204 Å². The summed E-state index contributed by atoms with van der Waals surface area (Å²) in [7, 11) is 1.44. The van der Waals surface area contributed by atoms with Crippen LogP contribution in [0.3, 0.4) is 0 Å². The minimum atomic E-state index is -0.286. The molecule has 176 valence electrons. The van der Waals surface area contributed by atoms with Gasteiger partial charge in [0.15, 0.2) is 10.9 Å². The average Bonchev–Trinajstić information content (AvgIpc) is 3.30. The summed E-state index contributed by atoms with van der Waals surface area (Å²) in [5.74, 6) is 3.12. The molecule has 0 aromatic carbocycles. The number of ether oxygens (including phenoxy) is 1. The van der Waals surface area contributed by atoms with E-state index in [1.165, 1.54) is 56.9 Å². The van der Waals surface area contributed by atoms with Crippen LogP contribution < -0.4 is 10.6 Å². The summed E-state index contributed by atoms with van der Waals surface area (Å²) >= 11 is 7.27. The molecule has 4 bridgehead atoms. The number of nitrogens with one attached hydrogen (secondary N) is 2. The second-order valence-corrected chi connectivity index (χ2v) is 12.1. The number of thiocarbonyl (C=S) groups is 1. The van der Waals surface area contributed by atoms with E-state index >= 15 is 0 Å². The Morgan fingerprint density at radius 1 is 1.12 bits per heavy atom. The number of methoxy groups -OCH3 is 1. The standard InChI is InChI=1S/C25H32N4O2S2/c1-31-23(30)21-18-5-3-2-4-6-19(18)33-22(21)27-24(32)26-20-7-8-29(28-20)25-12-15-9-16(13-25)11-17(10-15)14-25/h7-8,15-17H,2-6,9-14H2,1H3,(H2,26,27,28,32). The van der Waals surface area contributed by atoms with Crippen molar-refractivity contribution in [3.8, 4) is 0 Å². The van der Waals surface area contributed by atoms with Crippen LogP contribution in [0.4, 0.5) is 10.8 Å². The van der Waals surface area contributed by atoms with Gasteiger partial charge in [-0.05, 0) is 99.7 Å². The third-order valence-electron chi connectivity index (χ3n) is 8.36. The fourth-order valence-corrected chi connectivity index (χ4v) is 8.95. The van der Waals surface area contributed by atoms with Gasteiger partial charge < -0.3 is 15.4 Å². The van der Waals surface area contributed by atoms with Crippen LogP contribution in [0.15, 0.2) is 12.3 Å². The van der Waals surface area contributed by atoms with Crippen LogP contribution in [0, 0.1) is 17.8 Å². The number of esters is 1. The van der Waals surface area contributed by atoms with Gasteiger partial charge in [0, 0.05) is 17.1 Å². The molecule has 2 aromatic rings. The summed E-state index contributed by atoms with van der Waals surface area (Å²) in [5.41, 5.74) is 2.00. The van der Waals surface area contributed by atoms with Crippen LogP contribution in [-0.4, -0.2) is 28.0 Å². The number of hydrogen-bond acceptors (Lipinski definition) is 5. The minimum absolute atomic E-state index is 0.201. The highest BCUT2D eigenvalue weighted by Gasteiger charge is 2.52. The molecule has 0 aliphatic heterocycles. The molecule has 6 nitrogen and oxygen atoms in total. The number of hydrogen-bond donors (Lipinski definition) is 2. The Kier molecular flexibility index (Phi) is 5.48. The minimum Gasteiger partial charge on any atom is -0.465 e. The molecule has 0 unspecified atom stereocenters. The van der Waals surface area contributed by atoms with Crippen LogP contribution in [0.2, 0.25) is 0 Å². The topological polar surface area (TPSA) is 68.2 Å². The first-order chi connectivity index (χ1) is 16.0. The van der Waals surface area contributed by atoms with Gasteiger partial charge in [-0.3, -0.25) is 4.68 Å². The first-order valence-corrected chi connectivity index (χ1v) is 13.6. The highest BCUT2D eigenvalue weighted by atomic mass is 32.1. The van der Waals surface area contributed by atoms with Gasteiger partial charge in [0.2, 0.25) is 0 Å². The maximum atomic E-state index is 12.6. The van der Waals surface area contributed by atoms with Crippen molar-refractivity contribution in [1.82, 2.24) is 9.78 Å². The maximum Gasteiger partial charge on any atom is 0.341 e. The second-order valence-electron chi connectivity index (χ2n) is 10.6. The van der Waals surface area contributed by atoms with Gasteiger partial charge in [0.1, 0.15) is 5.00 Å². The maximum absolute atomic E-state index is 12.6. The van der Waals surface area contributed by atoms with Crippen molar-refractivity contribution >= 4 is 45.5 Å². The Morgan fingerprint density at radius 3 is 2.52 bits per heavy atom. The Bertz CT molecular complexity index is 1050. The van der Waals surface area contributed by atoms with Crippen molar-refractivity contribution in [2.45, 2.75) is 76.2 Å². The number of nitrogens with zero attached hydrogens (tertiary/aromatic N) is 2. The summed E-state index contributed by atoms with van der Waals surface area (Å²) in [4.78, 5) is 13.9. The molecular weight excluding hydrogens is 452 g/mol. The van der Waals surface area contributed by atoms with E-state index in [-0.39, 0.29) is 11.5 Å². The number of anilines is 2. The van der Waals surface area contributed by atoms with E-state index in [2.05, 4.69) is 21.5 Å². The van der Waals surface area contributed by atoms with Crippen LogP contribution in [0.1, 0.15) is 78.6 Å². The summed E-state index contributed by atoms with van der Waals surface area (Å²) < 4.78 is 7.34. The molecular formula is C25H32N4O2S2. The first-order valence-electron chi connectivity index (χ1n) is 12.4. The van der Waals surface area contributed by atoms with Gasteiger partial charge >= 0.3 is 5.97 Å². The molecule has 7 rings (SSSR count). The van der Waals surface area contributed by atoms with Crippen LogP contribution in [0.25, 0.3) is 0 Å². The smallest absolute Gasteiger partial charge is 0.341 e. The monoisotopic (exact) mass is 484 g/mol. The highest BCUT2D eigenvalue weighted by Crippen LogP contribution is 2.58. The third kappa shape index (κ3) is 3.89. The lowest BCUT2D eigenvalue weighted by Crippen LogP contribution is -2.52. The SMILES string of the molecule is COC(=O)c1c(NC(=S)Nc2ccn(C34CC5CC(CC(C5)C3)C4)n2)sc2c1CCCCC2. The highest BCUT2D eigenvalue weighted by molar-refractivity contribution is 7.80. The first kappa shape index (κ1) is 21.6. The molecule has 5 aliphatic carbocycles. The molecule has 0 spiro atoms. The van der Waals surface area contributed by atoms with Gasteiger partial charge in [-0.25, -0.2) is 4.79 Å². The van der Waals surface area contributed by atoms with Crippen LogP contribution in [0.5, 0.6) is 0 Å². The molecule has 4 saturated carbocycles. The Hall–Kier alpha value is -1.93. The quantitative estimate of drug-likeness (QED) is 0.328. The number of aryl methyl sites for hydroxylation is 1. The van der Waals surface area contributed by atoms with Crippen LogP contribution >= 0.6 is 23.6 Å². The predicted octanol–water partition coefficient (Wildman–Crippen LogP) is 5.73. The fraction of sp³-hybridized carbons (Fsp3) is 0.640. The molecule has 2 heterocycles. The largest absolute Gasteiger partial charge is 0.465 e. The van der Waals surface area contributed by atoms with Gasteiger partial charge in [-0.1, -0.05) is 6.42 Å². The number of fused-ring (bicyclic) bond motifs is 1. The number of rotatable bonds is 4.